The van der Waals surface area contributed by atoms with E-state index in [1.807, 2.05) is 12.1 Å². The van der Waals surface area contributed by atoms with Gasteiger partial charge in [0.15, 0.2) is 0 Å². The Morgan fingerprint density at radius 2 is 2.33 bits per heavy atom. The van der Waals surface area contributed by atoms with Gasteiger partial charge in [0.05, 0.1) is 0 Å². The SMILES string of the molecule is C=CC[n+]1c(C)[te]c2ccc(OC)cc21. The predicted octanol–water partition coefficient (Wildman–Crippen LogP) is 1.69. The van der Waals surface area contributed by atoms with Crippen LogP contribution in [-0.4, -0.2) is 27.5 Å². The number of fused-ring (bicyclic) bond motifs is 1. The number of nitrogens with zero attached hydrogens (tertiary/aromatic N) is 1. The molecule has 1 aromatic heterocycles. The van der Waals surface area contributed by atoms with Crippen molar-refractivity contribution >= 4 is 29.3 Å². The molecule has 15 heavy (non-hydrogen) atoms. The Hall–Kier alpha value is -0.780. The van der Waals surface area contributed by atoms with Crippen molar-refractivity contribution in [3.63, 3.8) is 0 Å². The van der Waals surface area contributed by atoms with Crippen LogP contribution in [0, 0.1) is 6.92 Å². The number of ether oxygens (including phenoxy) is 1. The summed E-state index contributed by atoms with van der Waals surface area (Å²) in [6.07, 6.45) is 1.95. The van der Waals surface area contributed by atoms with Gasteiger partial charge in [-0.25, -0.2) is 0 Å². The molecule has 0 fully saturated rings. The number of allylic oxidation sites excluding steroid dienone is 1. The Bertz CT molecular complexity index is 502. The summed E-state index contributed by atoms with van der Waals surface area (Å²) in [5.74, 6) is 0.935. The Balaban J connectivity index is 2.65. The van der Waals surface area contributed by atoms with Crippen LogP contribution in [0.3, 0.4) is 0 Å². The summed E-state index contributed by atoms with van der Waals surface area (Å²) in [5, 5.41) is 0. The number of benzene rings is 1. The van der Waals surface area contributed by atoms with Gasteiger partial charge in [-0.2, -0.15) is 0 Å². The number of aromatic nitrogens is 1. The summed E-state index contributed by atoms with van der Waals surface area (Å²) in [7, 11) is 1.71. The van der Waals surface area contributed by atoms with E-state index in [1.165, 1.54) is 12.6 Å². The van der Waals surface area contributed by atoms with Gasteiger partial charge in [-0.15, -0.1) is 0 Å². The van der Waals surface area contributed by atoms with E-state index >= 15 is 0 Å². The molecule has 0 aliphatic rings. The molecule has 0 amide bonds. The molecule has 0 atom stereocenters. The van der Waals surface area contributed by atoms with Crippen LogP contribution >= 0.6 is 0 Å². The van der Waals surface area contributed by atoms with Gasteiger partial charge in [-0.1, -0.05) is 0 Å². The molecule has 1 aromatic carbocycles. The second-order valence-corrected chi connectivity index (χ2v) is 6.88. The zero-order valence-electron chi connectivity index (χ0n) is 8.99. The number of hydrogen-bond acceptors (Lipinski definition) is 1. The van der Waals surface area contributed by atoms with Crippen LogP contribution in [-0.2, 0) is 6.54 Å². The third-order valence-electron chi connectivity index (χ3n) is 2.41. The van der Waals surface area contributed by atoms with E-state index in [4.69, 9.17) is 4.74 Å². The summed E-state index contributed by atoms with van der Waals surface area (Å²) < 4.78 is 10.6. The zero-order valence-corrected chi connectivity index (χ0v) is 11.3. The first kappa shape index (κ1) is 10.7. The topological polar surface area (TPSA) is 13.1 Å². The summed E-state index contributed by atoms with van der Waals surface area (Å²) in [5.41, 5.74) is 1.31. The van der Waals surface area contributed by atoms with E-state index in [0.717, 1.165) is 12.3 Å². The Kier molecular flexibility index (Phi) is 3.14. The van der Waals surface area contributed by atoms with E-state index in [-0.39, 0.29) is 20.4 Å². The van der Waals surface area contributed by atoms with Crippen molar-refractivity contribution in [1.82, 2.24) is 0 Å². The molecule has 3 heteroatoms. The van der Waals surface area contributed by atoms with E-state index in [1.54, 1.807) is 7.11 Å². The fourth-order valence-electron chi connectivity index (χ4n) is 1.66. The first-order valence-electron chi connectivity index (χ1n) is 4.84. The Morgan fingerprint density at radius 3 is 3.00 bits per heavy atom. The number of rotatable bonds is 3. The second-order valence-electron chi connectivity index (χ2n) is 3.35. The van der Waals surface area contributed by atoms with Gasteiger partial charge in [0, 0.05) is 0 Å². The number of aryl methyl sites for hydroxylation is 1. The van der Waals surface area contributed by atoms with Gasteiger partial charge < -0.3 is 0 Å². The van der Waals surface area contributed by atoms with Crippen LogP contribution in [0.4, 0.5) is 0 Å². The molecule has 0 bridgehead atoms. The van der Waals surface area contributed by atoms with Gasteiger partial charge in [-0.3, -0.25) is 0 Å². The molecule has 2 nitrogen and oxygen atoms in total. The predicted molar refractivity (Wildman–Crippen MR) is 62.6 cm³/mol. The minimum atomic E-state index is -0.155. The van der Waals surface area contributed by atoms with Crippen LogP contribution in [0.2, 0.25) is 0 Å². The molecule has 1 heterocycles. The molecule has 0 spiro atoms. The van der Waals surface area contributed by atoms with Crippen LogP contribution in [0.5, 0.6) is 5.75 Å². The first-order valence-corrected chi connectivity index (χ1v) is 7.17. The first-order chi connectivity index (χ1) is 7.26. The molecular weight excluding hydrogens is 302 g/mol. The van der Waals surface area contributed by atoms with Crippen LogP contribution < -0.4 is 9.30 Å². The van der Waals surface area contributed by atoms with Crippen molar-refractivity contribution in [2.75, 3.05) is 7.11 Å². The van der Waals surface area contributed by atoms with Crippen molar-refractivity contribution in [3.05, 3.63) is 34.6 Å². The van der Waals surface area contributed by atoms with Crippen LogP contribution in [0.25, 0.3) is 8.92 Å². The van der Waals surface area contributed by atoms with Crippen molar-refractivity contribution in [1.29, 1.82) is 0 Å². The minimum absolute atomic E-state index is 0.155. The van der Waals surface area contributed by atoms with E-state index < -0.39 is 0 Å². The van der Waals surface area contributed by atoms with Gasteiger partial charge in [0.25, 0.3) is 0 Å². The van der Waals surface area contributed by atoms with Gasteiger partial charge in [-0.05, 0) is 0 Å². The summed E-state index contributed by atoms with van der Waals surface area (Å²) in [4.78, 5) is 0. The van der Waals surface area contributed by atoms with Gasteiger partial charge in [0.2, 0.25) is 0 Å². The Labute approximate surface area is 99.4 Å². The van der Waals surface area contributed by atoms with Crippen molar-refractivity contribution in [3.8, 4) is 5.75 Å². The summed E-state index contributed by atoms with van der Waals surface area (Å²) in [6.45, 7) is 6.92. The number of hydrogen-bond donors (Lipinski definition) is 0. The second kappa shape index (κ2) is 4.38. The normalized spacial score (nSPS) is 10.5. The molecule has 0 radical (unpaired) electrons. The third-order valence-corrected chi connectivity index (χ3v) is 5.49. The molecule has 0 saturated heterocycles. The molecule has 0 aliphatic heterocycles. The molecule has 0 saturated carbocycles. The molecular formula is C12H14NOTe+. The molecule has 78 valence electrons. The molecule has 2 aromatic rings. The Morgan fingerprint density at radius 1 is 1.53 bits per heavy atom. The van der Waals surface area contributed by atoms with E-state index in [0.29, 0.717) is 0 Å². The van der Waals surface area contributed by atoms with Gasteiger partial charge >= 0.3 is 99.5 Å². The monoisotopic (exact) mass is 318 g/mol. The average Bonchev–Trinajstić information content (AvgIpc) is 2.55. The third kappa shape index (κ3) is 1.95. The molecule has 0 N–H and O–H groups in total. The fraction of sp³-hybridized carbons (Fsp3) is 0.250. The van der Waals surface area contributed by atoms with Crippen LogP contribution in [0.15, 0.2) is 30.9 Å². The maximum absolute atomic E-state index is 5.25. The zero-order chi connectivity index (χ0) is 10.8. The van der Waals surface area contributed by atoms with Crippen molar-refractivity contribution in [2.45, 2.75) is 13.5 Å². The van der Waals surface area contributed by atoms with E-state index in [2.05, 4.69) is 30.2 Å². The average molecular weight is 316 g/mol. The quantitative estimate of drug-likeness (QED) is 0.477. The van der Waals surface area contributed by atoms with Gasteiger partial charge in [0.1, 0.15) is 0 Å². The summed E-state index contributed by atoms with van der Waals surface area (Å²) in [6, 6.07) is 6.37. The molecule has 0 unspecified atom stereocenters. The number of methoxy groups -OCH3 is 1. The van der Waals surface area contributed by atoms with Crippen molar-refractivity contribution in [2.24, 2.45) is 0 Å². The fourth-order valence-corrected chi connectivity index (χ4v) is 4.55. The summed E-state index contributed by atoms with van der Waals surface area (Å²) >= 11 is -0.155. The maximum atomic E-state index is 5.25. The van der Waals surface area contributed by atoms with Crippen molar-refractivity contribution < 1.29 is 9.30 Å². The van der Waals surface area contributed by atoms with E-state index in [9.17, 15) is 0 Å². The van der Waals surface area contributed by atoms with Crippen LogP contribution in [0.1, 0.15) is 3.71 Å². The molecule has 0 aliphatic carbocycles. The molecule has 2 rings (SSSR count). The standard InChI is InChI=1S/C12H14NOTe/c1-4-7-13-9(2)15-12-6-5-10(14-3)8-11(12)13/h4-6,8H,1,7H2,2-3H3/q+1.